The molecule has 0 spiro atoms. The van der Waals surface area contributed by atoms with E-state index in [1.54, 1.807) is 0 Å². The molecule has 0 aromatic carbocycles. The van der Waals surface area contributed by atoms with E-state index in [2.05, 4.69) is 10.3 Å². The quantitative estimate of drug-likeness (QED) is 0.401. The van der Waals surface area contributed by atoms with Gasteiger partial charge in [-0.1, -0.05) is 6.92 Å². The molecule has 2 atom stereocenters. The zero-order chi connectivity index (χ0) is 10.6. The number of nitrogens with one attached hydrogen (secondary N) is 1. The Hall–Kier alpha value is -0.260. The van der Waals surface area contributed by atoms with Gasteiger partial charge in [0.05, 0.1) is 6.04 Å². The summed E-state index contributed by atoms with van der Waals surface area (Å²) in [6, 6.07) is 0.450. The first-order valence-corrected chi connectivity index (χ1v) is 6.16. The average Bonchev–Trinajstić information content (AvgIpc) is 2.71. The predicted molar refractivity (Wildman–Crippen MR) is 59.9 cm³/mol. The number of hydrogen-bond acceptors (Lipinski definition) is 4. The number of likely N-dealkylation sites (N-methyl/N-ethyl adjacent to an activating group) is 1. The van der Waals surface area contributed by atoms with Crippen molar-refractivity contribution in [3.8, 4) is 0 Å². The molecule has 3 N–H and O–H groups in total. The van der Waals surface area contributed by atoms with Crippen LogP contribution in [0.5, 0.6) is 0 Å². The van der Waals surface area contributed by atoms with E-state index in [4.69, 9.17) is 5.84 Å². The minimum absolute atomic E-state index is 0.0769. The number of carbonyl (C=O) groups is 1. The zero-order valence-electron chi connectivity index (χ0n) is 8.82. The highest BCUT2D eigenvalue weighted by atomic mass is 32.2. The van der Waals surface area contributed by atoms with Crippen molar-refractivity contribution in [2.24, 2.45) is 5.84 Å². The molecular weight excluding hydrogens is 198 g/mol. The zero-order valence-corrected chi connectivity index (χ0v) is 9.64. The van der Waals surface area contributed by atoms with Crippen LogP contribution in [0.3, 0.4) is 0 Å². The Labute approximate surface area is 89.6 Å². The van der Waals surface area contributed by atoms with Gasteiger partial charge in [0.15, 0.2) is 0 Å². The fourth-order valence-corrected chi connectivity index (χ4v) is 3.13. The molecule has 1 aliphatic rings. The van der Waals surface area contributed by atoms with Crippen molar-refractivity contribution >= 4 is 17.7 Å². The van der Waals surface area contributed by atoms with Crippen LogP contribution in [0.15, 0.2) is 0 Å². The van der Waals surface area contributed by atoms with Gasteiger partial charge in [-0.3, -0.25) is 15.1 Å². The molecule has 1 amide bonds. The van der Waals surface area contributed by atoms with Gasteiger partial charge in [0.2, 0.25) is 0 Å². The lowest BCUT2D eigenvalue weighted by atomic mass is 10.1. The average molecular weight is 217 g/mol. The van der Waals surface area contributed by atoms with E-state index in [-0.39, 0.29) is 11.9 Å². The minimum atomic E-state index is -0.0799. The van der Waals surface area contributed by atoms with Gasteiger partial charge in [0.25, 0.3) is 5.91 Å². The summed E-state index contributed by atoms with van der Waals surface area (Å²) in [5, 5.41) is 0. The number of rotatable bonds is 4. The Morgan fingerprint density at radius 3 is 2.93 bits per heavy atom. The molecule has 0 radical (unpaired) electrons. The number of hydrogen-bond donors (Lipinski definition) is 2. The summed E-state index contributed by atoms with van der Waals surface area (Å²) in [5.41, 5.74) is 2.23. The molecule has 82 valence electrons. The second-order valence-corrected chi connectivity index (χ2v) is 4.77. The van der Waals surface area contributed by atoms with Crippen LogP contribution in [0, 0.1) is 0 Å². The van der Waals surface area contributed by atoms with Crippen molar-refractivity contribution in [1.29, 1.82) is 0 Å². The molecule has 5 heteroatoms. The number of nitrogens with two attached hydrogens (primary N) is 1. The van der Waals surface area contributed by atoms with Crippen molar-refractivity contribution in [2.75, 3.05) is 18.6 Å². The van der Waals surface area contributed by atoms with Crippen LogP contribution in [0.2, 0.25) is 0 Å². The third-order valence-electron chi connectivity index (χ3n) is 2.80. The lowest BCUT2D eigenvalue weighted by molar-refractivity contribution is -0.126. The van der Waals surface area contributed by atoms with Crippen LogP contribution in [0.1, 0.15) is 19.8 Å². The van der Waals surface area contributed by atoms with Crippen LogP contribution in [0.25, 0.3) is 0 Å². The molecule has 14 heavy (non-hydrogen) atoms. The number of carbonyl (C=O) groups excluding carboxylic acids is 1. The smallest absolute Gasteiger partial charge is 0.251 e. The maximum atomic E-state index is 11.5. The predicted octanol–water partition coefficient (Wildman–Crippen LogP) is 0.192. The lowest BCUT2D eigenvalue weighted by Gasteiger charge is -2.30. The van der Waals surface area contributed by atoms with E-state index >= 15 is 0 Å². The molecule has 0 aromatic heterocycles. The molecule has 1 fully saturated rings. The van der Waals surface area contributed by atoms with Gasteiger partial charge in [0.1, 0.15) is 0 Å². The first kappa shape index (κ1) is 11.8. The summed E-state index contributed by atoms with van der Waals surface area (Å²) < 4.78 is 0. The third kappa shape index (κ3) is 2.62. The molecule has 0 saturated carbocycles. The van der Waals surface area contributed by atoms with Crippen molar-refractivity contribution in [1.82, 2.24) is 10.3 Å². The van der Waals surface area contributed by atoms with Gasteiger partial charge in [0, 0.05) is 11.8 Å². The summed E-state index contributed by atoms with van der Waals surface area (Å²) in [6.45, 7) is 2.01. The highest BCUT2D eigenvalue weighted by Crippen LogP contribution is 2.23. The van der Waals surface area contributed by atoms with Gasteiger partial charge in [-0.05, 0) is 25.6 Å². The Kier molecular flexibility index (Phi) is 4.71. The number of thioether (sulfide) groups is 1. The maximum Gasteiger partial charge on any atom is 0.251 e. The van der Waals surface area contributed by atoms with E-state index in [9.17, 15) is 4.79 Å². The van der Waals surface area contributed by atoms with Crippen LogP contribution in [0.4, 0.5) is 0 Å². The molecule has 2 unspecified atom stereocenters. The first-order valence-electron chi connectivity index (χ1n) is 5.00. The van der Waals surface area contributed by atoms with Gasteiger partial charge in [-0.15, -0.1) is 0 Å². The van der Waals surface area contributed by atoms with Crippen molar-refractivity contribution in [2.45, 2.75) is 31.8 Å². The van der Waals surface area contributed by atoms with E-state index in [0.29, 0.717) is 6.04 Å². The Morgan fingerprint density at radius 1 is 1.79 bits per heavy atom. The molecule has 4 nitrogen and oxygen atoms in total. The lowest BCUT2D eigenvalue weighted by Crippen LogP contribution is -2.50. The minimum Gasteiger partial charge on any atom is -0.293 e. The first-order chi connectivity index (χ1) is 6.70. The summed E-state index contributed by atoms with van der Waals surface area (Å²) in [7, 11) is 2.01. The van der Waals surface area contributed by atoms with E-state index < -0.39 is 0 Å². The van der Waals surface area contributed by atoms with Crippen LogP contribution in [-0.4, -0.2) is 41.4 Å². The molecule has 1 aliphatic heterocycles. The van der Waals surface area contributed by atoms with Gasteiger partial charge < -0.3 is 0 Å². The molecule has 1 rings (SSSR count). The van der Waals surface area contributed by atoms with Crippen molar-refractivity contribution in [3.05, 3.63) is 0 Å². The topological polar surface area (TPSA) is 58.4 Å². The molecule has 1 heterocycles. The number of amides is 1. The third-order valence-corrected chi connectivity index (χ3v) is 3.95. The van der Waals surface area contributed by atoms with E-state index in [0.717, 1.165) is 12.2 Å². The SMILES string of the molecule is CCC(C(=O)NN)N(C)C1CCSC1. The molecule has 0 bridgehead atoms. The van der Waals surface area contributed by atoms with E-state index in [1.807, 2.05) is 25.7 Å². The van der Waals surface area contributed by atoms with E-state index in [1.165, 1.54) is 12.2 Å². The fraction of sp³-hybridized carbons (Fsp3) is 0.889. The summed E-state index contributed by atoms with van der Waals surface area (Å²) in [5.74, 6) is 7.41. The largest absolute Gasteiger partial charge is 0.293 e. The maximum absolute atomic E-state index is 11.5. The van der Waals surface area contributed by atoms with Gasteiger partial charge >= 0.3 is 0 Å². The van der Waals surface area contributed by atoms with Crippen LogP contribution in [-0.2, 0) is 4.79 Å². The molecule has 1 saturated heterocycles. The monoisotopic (exact) mass is 217 g/mol. The highest BCUT2D eigenvalue weighted by molar-refractivity contribution is 7.99. The molecule has 0 aromatic rings. The molecule has 0 aliphatic carbocycles. The normalized spacial score (nSPS) is 23.9. The molecular formula is C9H19N3OS. The second kappa shape index (κ2) is 5.58. The van der Waals surface area contributed by atoms with Crippen LogP contribution >= 0.6 is 11.8 Å². The summed E-state index contributed by atoms with van der Waals surface area (Å²) in [6.07, 6.45) is 1.98. The summed E-state index contributed by atoms with van der Waals surface area (Å²) in [4.78, 5) is 13.6. The number of hydrazine groups is 1. The van der Waals surface area contributed by atoms with Crippen molar-refractivity contribution < 1.29 is 4.79 Å². The standard InChI is InChI=1S/C9H19N3OS/c1-3-8(9(13)11-10)12(2)7-4-5-14-6-7/h7-8H,3-6,10H2,1-2H3,(H,11,13). The second-order valence-electron chi connectivity index (χ2n) is 3.62. The van der Waals surface area contributed by atoms with Gasteiger partial charge in [-0.2, -0.15) is 11.8 Å². The Bertz CT molecular complexity index is 194. The van der Waals surface area contributed by atoms with Crippen molar-refractivity contribution in [3.63, 3.8) is 0 Å². The highest BCUT2D eigenvalue weighted by Gasteiger charge is 2.28. The Balaban J connectivity index is 2.54. The van der Waals surface area contributed by atoms with Gasteiger partial charge in [-0.25, -0.2) is 5.84 Å². The number of nitrogens with zero attached hydrogens (tertiary/aromatic N) is 1. The fourth-order valence-electron chi connectivity index (χ4n) is 1.85. The Morgan fingerprint density at radius 2 is 2.50 bits per heavy atom. The summed E-state index contributed by atoms with van der Waals surface area (Å²) >= 11 is 1.95. The van der Waals surface area contributed by atoms with Crippen LogP contribution < -0.4 is 11.3 Å².